The van der Waals surface area contributed by atoms with Crippen LogP contribution in [0.4, 0.5) is 0 Å². The first-order chi connectivity index (χ1) is 12.6. The minimum atomic E-state index is 0.316. The monoisotopic (exact) mass is 354 g/mol. The van der Waals surface area contributed by atoms with Crippen molar-refractivity contribution in [2.75, 3.05) is 0 Å². The Morgan fingerprint density at radius 3 is 1.23 bits per heavy atom. The average Bonchev–Trinajstić information content (AvgIpc) is 2.73. The Labute approximate surface area is 158 Å². The van der Waals surface area contributed by atoms with E-state index in [4.69, 9.17) is 0 Å². The Hall–Kier alpha value is -1.44. The van der Waals surface area contributed by atoms with Crippen molar-refractivity contribution in [3.8, 4) is 0 Å². The van der Waals surface area contributed by atoms with Gasteiger partial charge < -0.3 is 0 Å². The van der Waals surface area contributed by atoms with Gasteiger partial charge in [0.1, 0.15) is 11.6 Å². The maximum atomic E-state index is 11.9. The fourth-order valence-electron chi connectivity index (χ4n) is 5.12. The molecule has 0 bridgehead atoms. The van der Waals surface area contributed by atoms with Crippen LogP contribution in [0.2, 0.25) is 0 Å². The first-order valence-electron chi connectivity index (χ1n) is 10.8. The van der Waals surface area contributed by atoms with Gasteiger partial charge in [-0.25, -0.2) is 0 Å². The molecule has 2 heteroatoms. The van der Waals surface area contributed by atoms with E-state index in [2.05, 4.69) is 24.3 Å². The summed E-state index contributed by atoms with van der Waals surface area (Å²) in [5, 5.41) is 0. The van der Waals surface area contributed by atoms with Crippen LogP contribution >= 0.6 is 0 Å². The highest BCUT2D eigenvalue weighted by atomic mass is 16.1. The van der Waals surface area contributed by atoms with Crippen molar-refractivity contribution in [3.05, 3.63) is 35.4 Å². The molecule has 2 saturated carbocycles. The minimum absolute atomic E-state index is 0.316. The average molecular weight is 355 g/mol. The Morgan fingerprint density at radius 1 is 0.654 bits per heavy atom. The lowest BCUT2D eigenvalue weighted by molar-refractivity contribution is -0.124. The summed E-state index contributed by atoms with van der Waals surface area (Å²) in [6, 6.07) is 9.30. The molecule has 1 aromatic rings. The molecule has 2 aliphatic carbocycles. The zero-order valence-corrected chi connectivity index (χ0v) is 16.5. The molecule has 2 aliphatic rings. The SMILES string of the molecule is CCC(=O)C1CCC(c2ccc(C3CCC(C(=O)CC)CC3)cc2)CC1. The minimum Gasteiger partial charge on any atom is -0.299 e. The van der Waals surface area contributed by atoms with Crippen LogP contribution in [0.15, 0.2) is 24.3 Å². The third-order valence-corrected chi connectivity index (χ3v) is 6.94. The number of benzene rings is 1. The van der Waals surface area contributed by atoms with E-state index in [1.807, 2.05) is 13.8 Å². The number of carbonyl (C=O) groups is 2. The number of ketones is 2. The van der Waals surface area contributed by atoms with Gasteiger partial charge in [0.05, 0.1) is 0 Å². The Morgan fingerprint density at radius 2 is 0.962 bits per heavy atom. The predicted molar refractivity (Wildman–Crippen MR) is 106 cm³/mol. The molecule has 0 N–H and O–H groups in total. The molecule has 0 unspecified atom stereocenters. The maximum absolute atomic E-state index is 11.9. The molecule has 0 spiro atoms. The number of hydrogen-bond acceptors (Lipinski definition) is 2. The van der Waals surface area contributed by atoms with Crippen LogP contribution in [0.1, 0.15) is 101 Å². The van der Waals surface area contributed by atoms with Crippen LogP contribution in [0, 0.1) is 11.8 Å². The topological polar surface area (TPSA) is 34.1 Å². The van der Waals surface area contributed by atoms with Crippen LogP contribution in [0.25, 0.3) is 0 Å². The van der Waals surface area contributed by atoms with Crippen LogP contribution in [-0.2, 0) is 9.59 Å². The number of hydrogen-bond donors (Lipinski definition) is 0. The fourth-order valence-corrected chi connectivity index (χ4v) is 5.12. The summed E-state index contributed by atoms with van der Waals surface area (Å²) < 4.78 is 0. The molecule has 26 heavy (non-hydrogen) atoms. The molecule has 0 aliphatic heterocycles. The van der Waals surface area contributed by atoms with Crippen LogP contribution in [0.5, 0.6) is 0 Å². The molecule has 2 fully saturated rings. The number of rotatable bonds is 6. The zero-order chi connectivity index (χ0) is 18.5. The largest absolute Gasteiger partial charge is 0.299 e. The van der Waals surface area contributed by atoms with E-state index >= 15 is 0 Å². The van der Waals surface area contributed by atoms with Gasteiger partial charge in [0.2, 0.25) is 0 Å². The Kier molecular flexibility index (Phi) is 6.67. The smallest absolute Gasteiger partial charge is 0.135 e. The van der Waals surface area contributed by atoms with E-state index in [1.54, 1.807) is 0 Å². The lowest BCUT2D eigenvalue weighted by Gasteiger charge is -2.29. The first-order valence-corrected chi connectivity index (χ1v) is 10.8. The van der Waals surface area contributed by atoms with Gasteiger partial charge in [0.15, 0.2) is 0 Å². The second-order valence-corrected chi connectivity index (χ2v) is 8.40. The number of Topliss-reactive ketones (excluding diaryl/α,β-unsaturated/α-hetero) is 2. The summed E-state index contributed by atoms with van der Waals surface area (Å²) in [6.07, 6.45) is 10.2. The van der Waals surface area contributed by atoms with Crippen molar-refractivity contribution < 1.29 is 9.59 Å². The summed E-state index contributed by atoms with van der Waals surface area (Å²) >= 11 is 0. The van der Waals surface area contributed by atoms with E-state index in [9.17, 15) is 9.59 Å². The van der Waals surface area contributed by atoms with Crippen molar-refractivity contribution in [2.24, 2.45) is 11.8 Å². The lowest BCUT2D eigenvalue weighted by Crippen LogP contribution is -2.21. The van der Waals surface area contributed by atoms with Crippen molar-refractivity contribution in [2.45, 2.75) is 89.9 Å². The molecule has 0 radical (unpaired) electrons. The van der Waals surface area contributed by atoms with Gasteiger partial charge in [-0.1, -0.05) is 38.1 Å². The molecular weight excluding hydrogens is 320 g/mol. The first kappa shape index (κ1) is 19.3. The van der Waals surface area contributed by atoms with Crippen LogP contribution in [0.3, 0.4) is 0 Å². The zero-order valence-electron chi connectivity index (χ0n) is 16.5. The third kappa shape index (κ3) is 4.45. The highest BCUT2D eigenvalue weighted by molar-refractivity contribution is 5.81. The maximum Gasteiger partial charge on any atom is 0.135 e. The molecule has 0 aromatic heterocycles. The Balaban J connectivity index is 1.53. The van der Waals surface area contributed by atoms with E-state index in [0.29, 0.717) is 48.1 Å². The second kappa shape index (κ2) is 8.97. The molecule has 3 rings (SSSR count). The van der Waals surface area contributed by atoms with Gasteiger partial charge in [0, 0.05) is 24.7 Å². The van der Waals surface area contributed by atoms with Gasteiger partial charge in [0.25, 0.3) is 0 Å². The molecular formula is C24H34O2. The summed E-state index contributed by atoms with van der Waals surface area (Å²) in [6.45, 7) is 3.97. The highest BCUT2D eigenvalue weighted by Crippen LogP contribution is 2.39. The quantitative estimate of drug-likeness (QED) is 0.610. The van der Waals surface area contributed by atoms with Gasteiger partial charge in [-0.2, -0.15) is 0 Å². The fraction of sp³-hybridized carbons (Fsp3) is 0.667. The highest BCUT2D eigenvalue weighted by Gasteiger charge is 2.28. The van der Waals surface area contributed by atoms with Gasteiger partial charge in [-0.05, 0) is 74.3 Å². The summed E-state index contributed by atoms with van der Waals surface area (Å²) in [5.74, 6) is 2.80. The summed E-state index contributed by atoms with van der Waals surface area (Å²) in [5.41, 5.74) is 2.90. The summed E-state index contributed by atoms with van der Waals surface area (Å²) in [7, 11) is 0. The lowest BCUT2D eigenvalue weighted by atomic mass is 9.75. The van der Waals surface area contributed by atoms with Gasteiger partial charge in [-0.3, -0.25) is 9.59 Å². The van der Waals surface area contributed by atoms with Crippen LogP contribution < -0.4 is 0 Å². The predicted octanol–water partition coefficient (Wildman–Crippen LogP) is 6.19. The van der Waals surface area contributed by atoms with Crippen molar-refractivity contribution >= 4 is 11.6 Å². The van der Waals surface area contributed by atoms with Crippen molar-refractivity contribution in [1.82, 2.24) is 0 Å². The van der Waals surface area contributed by atoms with E-state index < -0.39 is 0 Å². The normalized spacial score (nSPS) is 29.3. The van der Waals surface area contributed by atoms with E-state index in [0.717, 1.165) is 51.4 Å². The van der Waals surface area contributed by atoms with Crippen molar-refractivity contribution in [3.63, 3.8) is 0 Å². The molecule has 0 saturated heterocycles. The van der Waals surface area contributed by atoms with Crippen LogP contribution in [-0.4, -0.2) is 11.6 Å². The van der Waals surface area contributed by atoms with E-state index in [1.165, 1.54) is 11.1 Å². The van der Waals surface area contributed by atoms with Crippen molar-refractivity contribution in [1.29, 1.82) is 0 Å². The third-order valence-electron chi connectivity index (χ3n) is 6.94. The molecule has 142 valence electrons. The standard InChI is InChI=1S/C24H34O2/c1-3-23(25)21-13-9-19(10-14-21)17-5-7-18(8-6-17)20-11-15-22(16-12-20)24(26)4-2/h5-8,19-22H,3-4,9-16H2,1-2H3. The molecule has 2 nitrogen and oxygen atoms in total. The van der Waals surface area contributed by atoms with E-state index in [-0.39, 0.29) is 0 Å². The molecule has 0 amide bonds. The molecule has 1 aromatic carbocycles. The molecule has 0 heterocycles. The van der Waals surface area contributed by atoms with Gasteiger partial charge >= 0.3 is 0 Å². The molecule has 0 atom stereocenters. The van der Waals surface area contributed by atoms with Gasteiger partial charge in [-0.15, -0.1) is 0 Å². The summed E-state index contributed by atoms with van der Waals surface area (Å²) in [4.78, 5) is 23.8. The number of carbonyl (C=O) groups excluding carboxylic acids is 2. The Bertz CT molecular complexity index is 545. The second-order valence-electron chi connectivity index (χ2n) is 8.40.